The van der Waals surface area contributed by atoms with Gasteiger partial charge in [0.25, 0.3) is 0 Å². The fraction of sp³-hybridized carbons (Fsp3) is 0.773. The number of hydrogen-bond donors (Lipinski definition) is 1. The maximum absolute atomic E-state index is 12.6. The molecular weight excluding hydrogens is 701 g/mol. The maximum atomic E-state index is 12.6. The Bertz CT molecular complexity index is 1070. The van der Waals surface area contributed by atoms with Gasteiger partial charge in [-0.15, -0.1) is 0 Å². The van der Waals surface area contributed by atoms with Gasteiger partial charge >= 0.3 is 19.8 Å². The normalized spacial score (nSPS) is 14.1. The minimum atomic E-state index is -4.39. The van der Waals surface area contributed by atoms with Gasteiger partial charge < -0.3 is 18.9 Å². The number of rotatable bonds is 38. The third-order valence-corrected chi connectivity index (χ3v) is 9.83. The Hall–Kier alpha value is -2.03. The van der Waals surface area contributed by atoms with Crippen LogP contribution in [0.5, 0.6) is 0 Å². The molecule has 0 aromatic heterocycles. The summed E-state index contributed by atoms with van der Waals surface area (Å²) < 4.78 is 34.2. The first-order valence-electron chi connectivity index (χ1n) is 21.4. The largest absolute Gasteiger partial charge is 0.472 e. The predicted octanol–water partition coefficient (Wildman–Crippen LogP) is 11.9. The van der Waals surface area contributed by atoms with Crippen LogP contribution in [0.25, 0.3) is 0 Å². The standard InChI is InChI=1S/C44H80NO8P/c1-6-8-10-12-14-16-18-20-22-24-26-28-30-32-34-36-43(46)50-40-42(41-52-54(48,49)51-39-38-45(3,4)5)53-44(47)37-35-33-31-29-27-25-23-21-19-17-15-13-11-9-7-2/h11,13,17,19,23,25,29,31,42H,6-10,12,14-16,18,20-22,24,26-28,30,32-41H2,1-5H3/p+1/b13-11-,19-17-,25-23-,31-29-. The smallest absolute Gasteiger partial charge is 0.462 e. The lowest BCUT2D eigenvalue weighted by Crippen LogP contribution is -2.37. The number of allylic oxidation sites excluding steroid dienone is 8. The molecule has 0 aromatic rings. The van der Waals surface area contributed by atoms with E-state index in [1.807, 2.05) is 27.2 Å². The minimum absolute atomic E-state index is 0.0212. The third-order valence-electron chi connectivity index (χ3n) is 8.84. The van der Waals surface area contributed by atoms with E-state index in [0.29, 0.717) is 23.9 Å². The molecule has 0 aliphatic heterocycles. The number of unbranched alkanes of at least 4 members (excludes halogenated alkanes) is 16. The van der Waals surface area contributed by atoms with Crippen LogP contribution in [0, 0.1) is 0 Å². The molecular formula is C44H81NO8P+. The number of phosphoric acid groups is 1. The highest BCUT2D eigenvalue weighted by Gasteiger charge is 2.27. The third kappa shape index (κ3) is 39.7. The fourth-order valence-electron chi connectivity index (χ4n) is 5.48. The molecule has 10 heteroatoms. The van der Waals surface area contributed by atoms with Gasteiger partial charge in [-0.3, -0.25) is 18.6 Å². The molecule has 0 aliphatic rings. The topological polar surface area (TPSA) is 108 Å². The summed E-state index contributed by atoms with van der Waals surface area (Å²) in [5, 5.41) is 0. The summed E-state index contributed by atoms with van der Waals surface area (Å²) in [6.45, 7) is 4.29. The molecule has 0 radical (unpaired) electrons. The zero-order valence-corrected chi connectivity index (χ0v) is 36.1. The Labute approximate surface area is 331 Å². The minimum Gasteiger partial charge on any atom is -0.462 e. The predicted molar refractivity (Wildman–Crippen MR) is 224 cm³/mol. The highest BCUT2D eigenvalue weighted by molar-refractivity contribution is 7.47. The number of carbonyl (C=O) groups is 2. The van der Waals surface area contributed by atoms with Gasteiger partial charge in [0.05, 0.1) is 27.7 Å². The molecule has 314 valence electrons. The molecule has 2 unspecified atom stereocenters. The molecule has 0 fully saturated rings. The molecule has 0 heterocycles. The SMILES string of the molecule is CCC/C=C\C/C=C\C/C=C\C/C=C\CCCC(=O)OC(COC(=O)CCCCCCCCCCCCCCCCC)COP(=O)(O)OCC[N+](C)(C)C. The molecule has 0 rings (SSSR count). The van der Waals surface area contributed by atoms with Crippen molar-refractivity contribution in [2.24, 2.45) is 0 Å². The monoisotopic (exact) mass is 783 g/mol. The number of quaternary nitrogens is 1. The first-order chi connectivity index (χ1) is 26.0. The van der Waals surface area contributed by atoms with Gasteiger partial charge in [0.2, 0.25) is 0 Å². The van der Waals surface area contributed by atoms with E-state index in [2.05, 4.69) is 56.4 Å². The summed E-state index contributed by atoms with van der Waals surface area (Å²) in [7, 11) is 1.44. The highest BCUT2D eigenvalue weighted by Crippen LogP contribution is 2.43. The van der Waals surface area contributed by atoms with Gasteiger partial charge in [0, 0.05) is 12.8 Å². The summed E-state index contributed by atoms with van der Waals surface area (Å²) in [6.07, 6.45) is 41.6. The summed E-state index contributed by atoms with van der Waals surface area (Å²) in [5.41, 5.74) is 0. The number of hydrogen-bond acceptors (Lipinski definition) is 7. The number of carbonyl (C=O) groups excluding carboxylic acids is 2. The molecule has 0 bridgehead atoms. The number of esters is 2. The first-order valence-corrected chi connectivity index (χ1v) is 22.9. The Morgan fingerprint density at radius 3 is 1.54 bits per heavy atom. The van der Waals surface area contributed by atoms with Gasteiger partial charge in [0.1, 0.15) is 19.8 Å². The van der Waals surface area contributed by atoms with Crippen molar-refractivity contribution in [3.63, 3.8) is 0 Å². The van der Waals surface area contributed by atoms with E-state index in [1.165, 1.54) is 83.5 Å². The molecule has 54 heavy (non-hydrogen) atoms. The van der Waals surface area contributed by atoms with Crippen LogP contribution in [0.1, 0.15) is 168 Å². The van der Waals surface area contributed by atoms with Crippen molar-refractivity contribution >= 4 is 19.8 Å². The molecule has 2 atom stereocenters. The Morgan fingerprint density at radius 2 is 1.04 bits per heavy atom. The van der Waals surface area contributed by atoms with Gasteiger partial charge in [-0.1, -0.05) is 159 Å². The van der Waals surface area contributed by atoms with Crippen LogP contribution in [0.4, 0.5) is 0 Å². The maximum Gasteiger partial charge on any atom is 0.472 e. The van der Waals surface area contributed by atoms with E-state index in [-0.39, 0.29) is 32.0 Å². The molecule has 1 N–H and O–H groups in total. The van der Waals surface area contributed by atoms with Crippen molar-refractivity contribution in [1.82, 2.24) is 0 Å². The lowest BCUT2D eigenvalue weighted by Gasteiger charge is -2.24. The van der Waals surface area contributed by atoms with Crippen molar-refractivity contribution in [2.45, 2.75) is 174 Å². The van der Waals surface area contributed by atoms with E-state index in [4.69, 9.17) is 18.5 Å². The average molecular weight is 783 g/mol. The molecule has 0 aliphatic carbocycles. The highest BCUT2D eigenvalue weighted by atomic mass is 31.2. The molecule has 0 saturated heterocycles. The van der Waals surface area contributed by atoms with Crippen LogP contribution >= 0.6 is 7.82 Å². The van der Waals surface area contributed by atoms with E-state index in [0.717, 1.165) is 44.9 Å². The summed E-state index contributed by atoms with van der Waals surface area (Å²) in [4.78, 5) is 35.3. The summed E-state index contributed by atoms with van der Waals surface area (Å²) >= 11 is 0. The lowest BCUT2D eigenvalue weighted by molar-refractivity contribution is -0.870. The molecule has 0 amide bonds. The van der Waals surface area contributed by atoms with Gasteiger partial charge in [-0.2, -0.15) is 0 Å². The number of phosphoric ester groups is 1. The number of ether oxygens (including phenoxy) is 2. The molecule has 0 saturated carbocycles. The van der Waals surface area contributed by atoms with Crippen molar-refractivity contribution < 1.29 is 42.1 Å². The van der Waals surface area contributed by atoms with E-state index in [1.54, 1.807) is 0 Å². The van der Waals surface area contributed by atoms with Crippen molar-refractivity contribution in [3.05, 3.63) is 48.6 Å². The van der Waals surface area contributed by atoms with Crippen molar-refractivity contribution in [2.75, 3.05) is 47.5 Å². The van der Waals surface area contributed by atoms with Gasteiger partial charge in [0.15, 0.2) is 6.10 Å². The Kier molecular flexibility index (Phi) is 35.2. The summed E-state index contributed by atoms with van der Waals surface area (Å²) in [6, 6.07) is 0. The van der Waals surface area contributed by atoms with Crippen LogP contribution in [0.2, 0.25) is 0 Å². The van der Waals surface area contributed by atoms with Crippen LogP contribution in [-0.4, -0.2) is 74.9 Å². The van der Waals surface area contributed by atoms with Crippen LogP contribution in [-0.2, 0) is 32.7 Å². The van der Waals surface area contributed by atoms with Gasteiger partial charge in [-0.05, 0) is 44.9 Å². The zero-order chi connectivity index (χ0) is 40.0. The Balaban J connectivity index is 4.46. The molecule has 9 nitrogen and oxygen atoms in total. The molecule has 0 spiro atoms. The van der Waals surface area contributed by atoms with E-state index < -0.39 is 26.5 Å². The fourth-order valence-corrected chi connectivity index (χ4v) is 6.23. The Morgan fingerprint density at radius 1 is 0.574 bits per heavy atom. The second-order valence-electron chi connectivity index (χ2n) is 15.4. The zero-order valence-electron chi connectivity index (χ0n) is 35.2. The van der Waals surface area contributed by atoms with Crippen LogP contribution in [0.3, 0.4) is 0 Å². The van der Waals surface area contributed by atoms with Gasteiger partial charge in [-0.25, -0.2) is 4.57 Å². The second-order valence-corrected chi connectivity index (χ2v) is 16.8. The van der Waals surface area contributed by atoms with E-state index in [9.17, 15) is 19.0 Å². The van der Waals surface area contributed by atoms with Crippen molar-refractivity contribution in [3.8, 4) is 0 Å². The van der Waals surface area contributed by atoms with Crippen LogP contribution < -0.4 is 0 Å². The first kappa shape index (κ1) is 52.0. The second kappa shape index (κ2) is 36.6. The number of likely N-dealkylation sites (N-methyl/N-ethyl adjacent to an activating group) is 1. The number of nitrogens with zero attached hydrogens (tertiary/aromatic N) is 1. The average Bonchev–Trinajstić information content (AvgIpc) is 3.12. The quantitative estimate of drug-likeness (QED) is 0.0217. The molecule has 0 aromatic carbocycles. The van der Waals surface area contributed by atoms with Crippen LogP contribution in [0.15, 0.2) is 48.6 Å². The van der Waals surface area contributed by atoms with Crippen molar-refractivity contribution in [1.29, 1.82) is 0 Å². The lowest BCUT2D eigenvalue weighted by atomic mass is 10.0. The van der Waals surface area contributed by atoms with E-state index >= 15 is 0 Å². The summed E-state index contributed by atoms with van der Waals surface area (Å²) in [5.74, 6) is -0.864.